The number of ether oxygens (including phenoxy) is 1. The number of hydrogen-bond acceptors (Lipinski definition) is 3. The van der Waals surface area contributed by atoms with Crippen molar-refractivity contribution in [1.29, 1.82) is 0 Å². The molecule has 1 heterocycles. The van der Waals surface area contributed by atoms with E-state index in [0.717, 1.165) is 34.8 Å². The maximum absolute atomic E-state index is 5.79. The molecular formula is C15H17BrN2O. The Hall–Kier alpha value is -1.39. The van der Waals surface area contributed by atoms with E-state index in [1.807, 2.05) is 25.1 Å². The molecule has 1 N–H and O–H groups in total. The summed E-state index contributed by atoms with van der Waals surface area (Å²) >= 11 is 3.54. The molecule has 1 aromatic carbocycles. The average Bonchev–Trinajstić information content (AvgIpc) is 2.41. The predicted molar refractivity (Wildman–Crippen MR) is 80.6 cm³/mol. The van der Waals surface area contributed by atoms with E-state index in [1.165, 1.54) is 5.56 Å². The fourth-order valence-corrected chi connectivity index (χ4v) is 2.16. The van der Waals surface area contributed by atoms with Gasteiger partial charge in [0, 0.05) is 12.2 Å². The monoisotopic (exact) mass is 320 g/mol. The highest BCUT2D eigenvalue weighted by molar-refractivity contribution is 9.10. The van der Waals surface area contributed by atoms with Crippen molar-refractivity contribution in [3.8, 4) is 11.5 Å². The number of pyridine rings is 1. The molecule has 2 rings (SSSR count). The van der Waals surface area contributed by atoms with E-state index in [0.29, 0.717) is 0 Å². The Morgan fingerprint density at radius 3 is 2.74 bits per heavy atom. The zero-order chi connectivity index (χ0) is 13.7. The first-order chi connectivity index (χ1) is 9.19. The number of hydrogen-bond donors (Lipinski definition) is 1. The molecule has 0 aliphatic rings. The van der Waals surface area contributed by atoms with Crippen LogP contribution in [0.4, 0.5) is 0 Å². The summed E-state index contributed by atoms with van der Waals surface area (Å²) in [5, 5.41) is 3.30. The minimum Gasteiger partial charge on any atom is -0.455 e. The zero-order valence-electron chi connectivity index (χ0n) is 11.1. The number of halogens is 1. The molecule has 0 unspecified atom stereocenters. The third kappa shape index (κ3) is 4.04. The van der Waals surface area contributed by atoms with E-state index in [9.17, 15) is 0 Å². The molecule has 0 fully saturated rings. The minimum atomic E-state index is 0.741. The van der Waals surface area contributed by atoms with Crippen molar-refractivity contribution in [3.05, 3.63) is 52.3 Å². The molecule has 0 bridgehead atoms. The quantitative estimate of drug-likeness (QED) is 0.902. The van der Waals surface area contributed by atoms with Gasteiger partial charge in [-0.3, -0.25) is 4.98 Å². The largest absolute Gasteiger partial charge is 0.455 e. The van der Waals surface area contributed by atoms with Crippen LogP contribution >= 0.6 is 15.9 Å². The summed E-state index contributed by atoms with van der Waals surface area (Å²) in [6, 6.07) is 9.95. The molecule has 1 aromatic heterocycles. The summed E-state index contributed by atoms with van der Waals surface area (Å²) in [6.45, 7) is 5.87. The van der Waals surface area contributed by atoms with Gasteiger partial charge in [-0.25, -0.2) is 0 Å². The van der Waals surface area contributed by atoms with Gasteiger partial charge in [0.15, 0.2) is 0 Å². The first-order valence-electron chi connectivity index (χ1n) is 6.28. The summed E-state index contributed by atoms with van der Waals surface area (Å²) in [7, 11) is 0. The first kappa shape index (κ1) is 14.0. The lowest BCUT2D eigenvalue weighted by Gasteiger charge is -2.09. The third-order valence-electron chi connectivity index (χ3n) is 2.69. The van der Waals surface area contributed by atoms with Gasteiger partial charge in [-0.05, 0) is 59.2 Å². The molecule has 100 valence electrons. The predicted octanol–water partition coefficient (Wildman–Crippen LogP) is 4.05. The lowest BCUT2D eigenvalue weighted by atomic mass is 10.2. The van der Waals surface area contributed by atoms with Crippen LogP contribution in [-0.2, 0) is 6.54 Å². The molecule has 0 amide bonds. The van der Waals surface area contributed by atoms with E-state index >= 15 is 0 Å². The van der Waals surface area contributed by atoms with E-state index in [-0.39, 0.29) is 0 Å². The van der Waals surface area contributed by atoms with Crippen LogP contribution < -0.4 is 10.1 Å². The van der Waals surface area contributed by atoms with Gasteiger partial charge in [0.25, 0.3) is 0 Å². The van der Waals surface area contributed by atoms with Crippen molar-refractivity contribution in [2.45, 2.75) is 20.4 Å². The van der Waals surface area contributed by atoms with Gasteiger partial charge < -0.3 is 10.1 Å². The lowest BCUT2D eigenvalue weighted by molar-refractivity contribution is 0.476. The standard InChI is InChI=1S/C15H17BrN2O/c1-3-17-9-12-5-7-15(14(16)8-12)19-13-6-4-11(2)18-10-13/h4-8,10,17H,3,9H2,1-2H3. The van der Waals surface area contributed by atoms with Gasteiger partial charge in [-0.2, -0.15) is 0 Å². The van der Waals surface area contributed by atoms with Crippen LogP contribution in [0.15, 0.2) is 41.0 Å². The van der Waals surface area contributed by atoms with Crippen molar-refractivity contribution in [2.24, 2.45) is 0 Å². The summed E-state index contributed by atoms with van der Waals surface area (Å²) < 4.78 is 6.74. The summed E-state index contributed by atoms with van der Waals surface area (Å²) in [4.78, 5) is 4.21. The molecule has 0 aliphatic carbocycles. The summed E-state index contributed by atoms with van der Waals surface area (Å²) in [5.74, 6) is 1.54. The van der Waals surface area contributed by atoms with Crippen molar-refractivity contribution in [3.63, 3.8) is 0 Å². The summed E-state index contributed by atoms with van der Waals surface area (Å²) in [5.41, 5.74) is 2.20. The van der Waals surface area contributed by atoms with Gasteiger partial charge in [0.2, 0.25) is 0 Å². The van der Waals surface area contributed by atoms with Crippen LogP contribution in [0, 0.1) is 6.92 Å². The molecule has 0 radical (unpaired) electrons. The van der Waals surface area contributed by atoms with Gasteiger partial charge in [-0.15, -0.1) is 0 Å². The molecule has 0 atom stereocenters. The molecule has 0 saturated heterocycles. The van der Waals surface area contributed by atoms with E-state index in [4.69, 9.17) is 4.74 Å². The number of nitrogens with zero attached hydrogens (tertiary/aromatic N) is 1. The summed E-state index contributed by atoms with van der Waals surface area (Å²) in [6.07, 6.45) is 1.73. The topological polar surface area (TPSA) is 34.1 Å². The fourth-order valence-electron chi connectivity index (χ4n) is 1.65. The van der Waals surface area contributed by atoms with E-state index < -0.39 is 0 Å². The van der Waals surface area contributed by atoms with Crippen molar-refractivity contribution in [2.75, 3.05) is 6.54 Å². The number of rotatable bonds is 5. The van der Waals surface area contributed by atoms with Gasteiger partial charge >= 0.3 is 0 Å². The molecule has 0 aliphatic heterocycles. The van der Waals surface area contributed by atoms with Gasteiger partial charge in [0.05, 0.1) is 10.7 Å². The van der Waals surface area contributed by atoms with Crippen LogP contribution in [0.3, 0.4) is 0 Å². The third-order valence-corrected chi connectivity index (χ3v) is 3.31. The molecule has 2 aromatic rings. The van der Waals surface area contributed by atoms with Gasteiger partial charge in [-0.1, -0.05) is 13.0 Å². The number of aromatic nitrogens is 1. The number of aryl methyl sites for hydroxylation is 1. The highest BCUT2D eigenvalue weighted by Gasteiger charge is 2.04. The Balaban J connectivity index is 2.10. The van der Waals surface area contributed by atoms with Crippen LogP contribution in [0.5, 0.6) is 11.5 Å². The Kier molecular flexibility index (Phi) is 4.93. The van der Waals surface area contributed by atoms with Crippen molar-refractivity contribution in [1.82, 2.24) is 10.3 Å². The highest BCUT2D eigenvalue weighted by Crippen LogP contribution is 2.30. The Morgan fingerprint density at radius 1 is 1.26 bits per heavy atom. The minimum absolute atomic E-state index is 0.741. The Labute approximate surface area is 122 Å². The highest BCUT2D eigenvalue weighted by atomic mass is 79.9. The van der Waals surface area contributed by atoms with E-state index in [1.54, 1.807) is 6.20 Å². The smallest absolute Gasteiger partial charge is 0.145 e. The SMILES string of the molecule is CCNCc1ccc(Oc2ccc(C)nc2)c(Br)c1. The zero-order valence-corrected chi connectivity index (χ0v) is 12.7. The normalized spacial score (nSPS) is 10.5. The molecule has 4 heteroatoms. The van der Waals surface area contributed by atoms with Crippen molar-refractivity contribution < 1.29 is 4.74 Å². The average molecular weight is 321 g/mol. The molecule has 3 nitrogen and oxygen atoms in total. The molecular weight excluding hydrogens is 304 g/mol. The Morgan fingerprint density at radius 2 is 2.11 bits per heavy atom. The van der Waals surface area contributed by atoms with Gasteiger partial charge in [0.1, 0.15) is 11.5 Å². The van der Waals surface area contributed by atoms with Crippen molar-refractivity contribution >= 4 is 15.9 Å². The fraction of sp³-hybridized carbons (Fsp3) is 0.267. The number of nitrogens with one attached hydrogen (secondary N) is 1. The molecule has 0 saturated carbocycles. The van der Waals surface area contributed by atoms with Crippen LogP contribution in [0.1, 0.15) is 18.2 Å². The van der Waals surface area contributed by atoms with E-state index in [2.05, 4.69) is 45.3 Å². The lowest BCUT2D eigenvalue weighted by Crippen LogP contribution is -2.11. The first-order valence-corrected chi connectivity index (χ1v) is 7.08. The second-order valence-electron chi connectivity index (χ2n) is 4.28. The second-order valence-corrected chi connectivity index (χ2v) is 5.14. The molecule has 19 heavy (non-hydrogen) atoms. The maximum atomic E-state index is 5.79. The molecule has 0 spiro atoms. The second kappa shape index (κ2) is 6.68. The van der Waals surface area contributed by atoms with Crippen LogP contribution in [-0.4, -0.2) is 11.5 Å². The maximum Gasteiger partial charge on any atom is 0.145 e. The Bertz CT molecular complexity index is 540. The van der Waals surface area contributed by atoms with Crippen LogP contribution in [0.2, 0.25) is 0 Å². The van der Waals surface area contributed by atoms with Crippen LogP contribution in [0.25, 0.3) is 0 Å². The number of benzene rings is 1.